The predicted octanol–water partition coefficient (Wildman–Crippen LogP) is 3.10. The van der Waals surface area contributed by atoms with E-state index in [-0.39, 0.29) is 5.91 Å². The van der Waals surface area contributed by atoms with Gasteiger partial charge in [0.2, 0.25) is 0 Å². The van der Waals surface area contributed by atoms with Crippen LogP contribution in [-0.4, -0.2) is 27.6 Å². The summed E-state index contributed by atoms with van der Waals surface area (Å²) in [4.78, 5) is 16.1. The molecule has 3 rings (SSSR count). The van der Waals surface area contributed by atoms with E-state index >= 15 is 0 Å². The molecule has 2 N–H and O–H groups in total. The topological polar surface area (TPSA) is 79.8 Å². The van der Waals surface area contributed by atoms with E-state index < -0.39 is 0 Å². The molecule has 130 valence electrons. The van der Waals surface area contributed by atoms with Gasteiger partial charge < -0.3 is 10.6 Å². The van der Waals surface area contributed by atoms with Crippen LogP contribution in [0.4, 0.5) is 5.82 Å². The molecule has 0 saturated heterocycles. The lowest BCUT2D eigenvalue weighted by atomic mass is 9.97. The quantitative estimate of drug-likeness (QED) is 0.759. The Balaban J connectivity index is 1.44. The number of nitrogens with one attached hydrogen (secondary N) is 2. The minimum absolute atomic E-state index is 0.176. The molecule has 2 aromatic heterocycles. The Morgan fingerprint density at radius 1 is 1.08 bits per heavy atom. The number of nitrogens with zero attached hydrogens (tertiary/aromatic N) is 3. The van der Waals surface area contributed by atoms with Crippen molar-refractivity contribution in [2.45, 2.75) is 38.6 Å². The highest BCUT2D eigenvalue weighted by molar-refractivity contribution is 5.92. The van der Waals surface area contributed by atoms with Crippen LogP contribution in [-0.2, 0) is 6.54 Å². The van der Waals surface area contributed by atoms with Crippen molar-refractivity contribution in [3.05, 3.63) is 59.6 Å². The van der Waals surface area contributed by atoms with Gasteiger partial charge in [0.1, 0.15) is 5.82 Å². The Hall–Kier alpha value is -2.76. The molecule has 0 unspecified atom stereocenters. The van der Waals surface area contributed by atoms with E-state index in [4.69, 9.17) is 0 Å². The van der Waals surface area contributed by atoms with E-state index in [9.17, 15) is 4.79 Å². The average Bonchev–Trinajstić information content (AvgIpc) is 2.68. The normalized spacial score (nSPS) is 13.8. The van der Waals surface area contributed by atoms with Crippen LogP contribution in [0.3, 0.4) is 0 Å². The fourth-order valence-electron chi connectivity index (χ4n) is 2.80. The van der Waals surface area contributed by atoms with E-state index in [2.05, 4.69) is 31.9 Å². The molecule has 1 amide bonds. The number of anilines is 1. The largest absolute Gasteiger partial charge is 0.365 e. The summed E-state index contributed by atoms with van der Waals surface area (Å²) < 4.78 is 0. The summed E-state index contributed by atoms with van der Waals surface area (Å²) in [5.74, 6) is 0.463. The summed E-state index contributed by atoms with van der Waals surface area (Å²) in [7, 11) is 0. The maximum atomic E-state index is 12.1. The first-order valence-electron chi connectivity index (χ1n) is 8.74. The smallest absolute Gasteiger partial charge is 0.271 e. The van der Waals surface area contributed by atoms with Crippen LogP contribution in [0.25, 0.3) is 0 Å². The molecule has 6 nitrogen and oxygen atoms in total. The van der Waals surface area contributed by atoms with Gasteiger partial charge in [-0.25, -0.2) is 0 Å². The Kier molecular flexibility index (Phi) is 6.09. The van der Waals surface area contributed by atoms with Crippen LogP contribution >= 0.6 is 0 Å². The minimum atomic E-state index is -0.176. The van der Waals surface area contributed by atoms with Gasteiger partial charge in [0.15, 0.2) is 5.69 Å². The van der Waals surface area contributed by atoms with Crippen LogP contribution in [0.15, 0.2) is 48.3 Å². The molecular weight excluding hydrogens is 314 g/mol. The van der Waals surface area contributed by atoms with Crippen molar-refractivity contribution >= 4 is 11.7 Å². The van der Waals surface area contributed by atoms with E-state index in [1.807, 2.05) is 12.1 Å². The summed E-state index contributed by atoms with van der Waals surface area (Å²) >= 11 is 0. The Morgan fingerprint density at radius 3 is 2.68 bits per heavy atom. The summed E-state index contributed by atoms with van der Waals surface area (Å²) in [5.41, 5.74) is 2.90. The minimum Gasteiger partial charge on any atom is -0.365 e. The Labute approximate surface area is 147 Å². The van der Waals surface area contributed by atoms with Crippen molar-refractivity contribution in [1.82, 2.24) is 20.5 Å². The third kappa shape index (κ3) is 5.38. The second-order valence-corrected chi connectivity index (χ2v) is 6.13. The van der Waals surface area contributed by atoms with E-state index in [1.165, 1.54) is 24.8 Å². The molecule has 1 aliphatic carbocycles. The maximum absolute atomic E-state index is 12.1. The zero-order valence-electron chi connectivity index (χ0n) is 14.2. The second-order valence-electron chi connectivity index (χ2n) is 6.13. The van der Waals surface area contributed by atoms with Gasteiger partial charge in [-0.3, -0.25) is 9.78 Å². The van der Waals surface area contributed by atoms with Crippen LogP contribution in [0.2, 0.25) is 0 Å². The predicted molar refractivity (Wildman–Crippen MR) is 97.1 cm³/mol. The lowest BCUT2D eigenvalue weighted by Crippen LogP contribution is -2.26. The summed E-state index contributed by atoms with van der Waals surface area (Å²) in [6.45, 7) is 1.28. The van der Waals surface area contributed by atoms with Gasteiger partial charge in [-0.2, -0.15) is 0 Å². The summed E-state index contributed by atoms with van der Waals surface area (Å²) in [6.07, 6.45) is 11.6. The number of pyridine rings is 1. The zero-order valence-corrected chi connectivity index (χ0v) is 14.2. The number of amides is 1. The van der Waals surface area contributed by atoms with E-state index in [0.717, 1.165) is 18.4 Å². The highest BCUT2D eigenvalue weighted by Gasteiger charge is 2.09. The van der Waals surface area contributed by atoms with Gasteiger partial charge in [0.05, 0.1) is 0 Å². The van der Waals surface area contributed by atoms with Crippen molar-refractivity contribution in [3.63, 3.8) is 0 Å². The van der Waals surface area contributed by atoms with Gasteiger partial charge in [-0.1, -0.05) is 11.6 Å². The first-order chi connectivity index (χ1) is 12.3. The molecule has 0 atom stereocenters. The highest BCUT2D eigenvalue weighted by atomic mass is 16.1. The van der Waals surface area contributed by atoms with Gasteiger partial charge >= 0.3 is 0 Å². The lowest BCUT2D eigenvalue weighted by Gasteiger charge is -2.12. The zero-order chi connectivity index (χ0) is 17.3. The lowest BCUT2D eigenvalue weighted by molar-refractivity contribution is 0.0948. The summed E-state index contributed by atoms with van der Waals surface area (Å²) in [5, 5.41) is 14.2. The molecule has 25 heavy (non-hydrogen) atoms. The molecule has 0 radical (unpaired) electrons. The van der Waals surface area contributed by atoms with E-state index in [1.54, 1.807) is 24.5 Å². The van der Waals surface area contributed by atoms with Crippen LogP contribution in [0, 0.1) is 0 Å². The first-order valence-corrected chi connectivity index (χ1v) is 8.74. The van der Waals surface area contributed by atoms with Crippen molar-refractivity contribution in [2.75, 3.05) is 11.9 Å². The van der Waals surface area contributed by atoms with Gasteiger partial charge in [0, 0.05) is 25.5 Å². The number of hydrogen-bond donors (Lipinski definition) is 2. The highest BCUT2D eigenvalue weighted by Crippen LogP contribution is 2.19. The Bertz CT molecular complexity index is 712. The van der Waals surface area contributed by atoms with E-state index in [0.29, 0.717) is 24.6 Å². The average molecular weight is 337 g/mol. The van der Waals surface area contributed by atoms with Crippen molar-refractivity contribution < 1.29 is 4.79 Å². The molecule has 0 saturated carbocycles. The van der Waals surface area contributed by atoms with Crippen LogP contribution < -0.4 is 10.6 Å². The molecule has 1 aliphatic rings. The SMILES string of the molecule is O=C(NCCC1=CCCCC1)c1ccc(NCc2ccncc2)nn1. The molecule has 0 spiro atoms. The second kappa shape index (κ2) is 8.92. The molecule has 6 heteroatoms. The van der Waals surface area contributed by atoms with Crippen LogP contribution in [0.5, 0.6) is 0 Å². The third-order valence-electron chi connectivity index (χ3n) is 4.24. The number of allylic oxidation sites excluding steroid dienone is 1. The number of rotatable bonds is 7. The van der Waals surface area contributed by atoms with Gasteiger partial charge in [-0.05, 0) is 61.9 Å². The number of hydrogen-bond acceptors (Lipinski definition) is 5. The molecular formula is C19H23N5O. The molecule has 2 heterocycles. The first kappa shape index (κ1) is 17.1. The molecule has 0 bridgehead atoms. The van der Waals surface area contributed by atoms with Crippen molar-refractivity contribution in [2.24, 2.45) is 0 Å². The third-order valence-corrected chi connectivity index (χ3v) is 4.24. The fourth-order valence-corrected chi connectivity index (χ4v) is 2.80. The standard InChI is InChI=1S/C19H23N5O/c25-19(21-13-10-15-4-2-1-3-5-15)17-6-7-18(24-23-17)22-14-16-8-11-20-12-9-16/h4,6-9,11-12H,1-3,5,10,13-14H2,(H,21,25)(H,22,24). The van der Waals surface area contributed by atoms with Gasteiger partial charge in [0.25, 0.3) is 5.91 Å². The molecule has 0 aliphatic heterocycles. The number of carbonyl (C=O) groups is 1. The fraction of sp³-hybridized carbons (Fsp3) is 0.368. The molecule has 0 aromatic carbocycles. The number of aromatic nitrogens is 3. The Morgan fingerprint density at radius 2 is 1.96 bits per heavy atom. The number of carbonyl (C=O) groups excluding carboxylic acids is 1. The maximum Gasteiger partial charge on any atom is 0.271 e. The van der Waals surface area contributed by atoms with Crippen molar-refractivity contribution in [1.29, 1.82) is 0 Å². The molecule has 2 aromatic rings. The summed E-state index contributed by atoms with van der Waals surface area (Å²) in [6, 6.07) is 7.33. The van der Waals surface area contributed by atoms with Crippen molar-refractivity contribution in [3.8, 4) is 0 Å². The monoisotopic (exact) mass is 337 g/mol. The van der Waals surface area contributed by atoms with Gasteiger partial charge in [-0.15, -0.1) is 10.2 Å². The molecule has 0 fully saturated rings. The van der Waals surface area contributed by atoms with Crippen LogP contribution in [0.1, 0.15) is 48.2 Å².